The molecule has 0 aromatic rings. The number of carbonyl (C=O) groups is 1. The highest BCUT2D eigenvalue weighted by Crippen LogP contribution is 2.39. The molecule has 0 saturated heterocycles. The van der Waals surface area contributed by atoms with E-state index < -0.39 is 16.6 Å². The normalized spacial score (nSPS) is 20.5. The van der Waals surface area contributed by atoms with Gasteiger partial charge in [0.25, 0.3) is 0 Å². The SMILES string of the molecule is C[C@H]1C=C(CC[C@@H](CO[Si](C)(C)C(C)(C)C)O[Si](C)(C)C(C)(C)C)C(=O)O1. The molecule has 6 heteroatoms. The average molecular weight is 415 g/mol. The van der Waals surface area contributed by atoms with Gasteiger partial charge in [0.2, 0.25) is 0 Å². The van der Waals surface area contributed by atoms with Crippen LogP contribution in [0, 0.1) is 0 Å². The molecule has 0 aromatic carbocycles. The van der Waals surface area contributed by atoms with Gasteiger partial charge in [0, 0.05) is 5.57 Å². The Morgan fingerprint density at radius 1 is 1.04 bits per heavy atom. The number of rotatable bonds is 8. The molecule has 0 bridgehead atoms. The molecule has 0 saturated carbocycles. The summed E-state index contributed by atoms with van der Waals surface area (Å²) in [4.78, 5) is 11.9. The zero-order chi connectivity index (χ0) is 21.3. The molecule has 0 aromatic heterocycles. The van der Waals surface area contributed by atoms with Crippen molar-refractivity contribution >= 4 is 22.6 Å². The fourth-order valence-electron chi connectivity index (χ4n) is 2.42. The Balaban J connectivity index is 2.86. The van der Waals surface area contributed by atoms with E-state index >= 15 is 0 Å². The maximum Gasteiger partial charge on any atom is 0.334 e. The second kappa shape index (κ2) is 8.51. The van der Waals surface area contributed by atoms with Gasteiger partial charge >= 0.3 is 5.97 Å². The summed E-state index contributed by atoms with van der Waals surface area (Å²) in [5, 5.41) is 0.310. The van der Waals surface area contributed by atoms with Crippen molar-refractivity contribution in [3.8, 4) is 0 Å². The number of hydrogen-bond acceptors (Lipinski definition) is 4. The Kier molecular flexibility index (Phi) is 7.76. The van der Waals surface area contributed by atoms with E-state index in [1.54, 1.807) is 0 Å². The Hall–Kier alpha value is -0.436. The molecule has 1 rings (SSSR count). The van der Waals surface area contributed by atoms with Gasteiger partial charge in [0.05, 0.1) is 12.7 Å². The largest absolute Gasteiger partial charge is 0.455 e. The highest BCUT2D eigenvalue weighted by atomic mass is 28.4. The molecule has 0 amide bonds. The van der Waals surface area contributed by atoms with Crippen LogP contribution >= 0.6 is 0 Å². The summed E-state index contributed by atoms with van der Waals surface area (Å²) < 4.78 is 18.4. The van der Waals surface area contributed by atoms with Crippen molar-refractivity contribution in [3.05, 3.63) is 11.6 Å². The van der Waals surface area contributed by atoms with Gasteiger partial charge < -0.3 is 13.6 Å². The summed E-state index contributed by atoms with van der Waals surface area (Å²) in [6.07, 6.45) is 3.29. The summed E-state index contributed by atoms with van der Waals surface area (Å²) in [5.41, 5.74) is 0.777. The third-order valence-corrected chi connectivity index (χ3v) is 15.5. The average Bonchev–Trinajstić information content (AvgIpc) is 2.77. The summed E-state index contributed by atoms with van der Waals surface area (Å²) in [7, 11) is -3.76. The maximum absolute atomic E-state index is 11.9. The van der Waals surface area contributed by atoms with Crippen molar-refractivity contribution in [2.45, 2.75) is 110 Å². The number of ether oxygens (including phenoxy) is 1. The first-order valence-electron chi connectivity index (χ1n) is 10.2. The fourth-order valence-corrected chi connectivity index (χ4v) is 4.83. The zero-order valence-electron chi connectivity index (χ0n) is 19.5. The van der Waals surface area contributed by atoms with E-state index in [9.17, 15) is 4.79 Å². The molecule has 2 atom stereocenters. The minimum atomic E-state index is -1.92. The van der Waals surface area contributed by atoms with Gasteiger partial charge in [-0.3, -0.25) is 0 Å². The van der Waals surface area contributed by atoms with Gasteiger partial charge in [-0.2, -0.15) is 0 Å². The molecule has 0 aliphatic carbocycles. The maximum atomic E-state index is 11.9. The van der Waals surface area contributed by atoms with E-state index in [4.69, 9.17) is 13.6 Å². The minimum absolute atomic E-state index is 0.00428. The molecular weight excluding hydrogens is 372 g/mol. The zero-order valence-corrected chi connectivity index (χ0v) is 21.5. The molecule has 0 spiro atoms. The van der Waals surface area contributed by atoms with E-state index in [-0.39, 0.29) is 28.3 Å². The van der Waals surface area contributed by atoms with Gasteiger partial charge in [-0.1, -0.05) is 41.5 Å². The second-order valence-corrected chi connectivity index (χ2v) is 20.5. The molecule has 0 fully saturated rings. The topological polar surface area (TPSA) is 44.8 Å². The van der Waals surface area contributed by atoms with Crippen LogP contribution < -0.4 is 0 Å². The molecule has 27 heavy (non-hydrogen) atoms. The van der Waals surface area contributed by atoms with Crippen molar-refractivity contribution < 1.29 is 18.4 Å². The van der Waals surface area contributed by atoms with Crippen LogP contribution in [-0.4, -0.2) is 41.4 Å². The smallest absolute Gasteiger partial charge is 0.334 e. The Morgan fingerprint density at radius 2 is 1.56 bits per heavy atom. The molecule has 1 aliphatic rings. The lowest BCUT2D eigenvalue weighted by Crippen LogP contribution is -2.47. The van der Waals surface area contributed by atoms with Crippen LogP contribution in [0.4, 0.5) is 0 Å². The molecule has 158 valence electrons. The van der Waals surface area contributed by atoms with E-state index in [0.717, 1.165) is 12.0 Å². The Labute approximate surface area is 169 Å². The van der Waals surface area contributed by atoms with Crippen LogP contribution in [0.3, 0.4) is 0 Å². The molecule has 0 unspecified atom stereocenters. The highest BCUT2D eigenvalue weighted by molar-refractivity contribution is 6.74. The van der Waals surface area contributed by atoms with Crippen LogP contribution in [0.25, 0.3) is 0 Å². The van der Waals surface area contributed by atoms with Crippen molar-refractivity contribution in [3.63, 3.8) is 0 Å². The van der Waals surface area contributed by atoms with Crippen molar-refractivity contribution in [2.75, 3.05) is 6.61 Å². The van der Waals surface area contributed by atoms with Crippen molar-refractivity contribution in [1.82, 2.24) is 0 Å². The lowest BCUT2D eigenvalue weighted by Gasteiger charge is -2.41. The lowest BCUT2D eigenvalue weighted by atomic mass is 10.1. The van der Waals surface area contributed by atoms with Gasteiger partial charge in [0.1, 0.15) is 6.10 Å². The predicted molar refractivity (Wildman–Crippen MR) is 118 cm³/mol. The fraction of sp³-hybridized carbons (Fsp3) is 0.857. The van der Waals surface area contributed by atoms with Gasteiger partial charge in [0.15, 0.2) is 16.6 Å². The van der Waals surface area contributed by atoms with Crippen LogP contribution in [0.15, 0.2) is 11.6 Å². The van der Waals surface area contributed by atoms with Crippen LogP contribution in [0.5, 0.6) is 0 Å². The van der Waals surface area contributed by atoms with E-state index in [1.807, 2.05) is 13.0 Å². The third kappa shape index (κ3) is 6.84. The second-order valence-electron chi connectivity index (χ2n) is 10.9. The first-order valence-corrected chi connectivity index (χ1v) is 16.0. The minimum Gasteiger partial charge on any atom is -0.455 e. The van der Waals surface area contributed by atoms with Crippen LogP contribution in [0.2, 0.25) is 36.3 Å². The summed E-state index contributed by atoms with van der Waals surface area (Å²) >= 11 is 0. The summed E-state index contributed by atoms with van der Waals surface area (Å²) in [5.74, 6) is -0.182. The molecule has 1 aliphatic heterocycles. The van der Waals surface area contributed by atoms with Gasteiger partial charge in [-0.05, 0) is 62.1 Å². The number of carbonyl (C=O) groups excluding carboxylic acids is 1. The predicted octanol–water partition coefficient (Wildman–Crippen LogP) is 6.05. The molecule has 0 N–H and O–H groups in total. The number of cyclic esters (lactones) is 1. The lowest BCUT2D eigenvalue weighted by molar-refractivity contribution is -0.139. The molecule has 1 heterocycles. The number of hydrogen-bond donors (Lipinski definition) is 0. The van der Waals surface area contributed by atoms with Crippen molar-refractivity contribution in [2.24, 2.45) is 0 Å². The van der Waals surface area contributed by atoms with Gasteiger partial charge in [-0.25, -0.2) is 4.79 Å². The number of esters is 1. The quantitative estimate of drug-likeness (QED) is 0.358. The van der Waals surface area contributed by atoms with Crippen molar-refractivity contribution in [1.29, 1.82) is 0 Å². The van der Waals surface area contributed by atoms with E-state index in [2.05, 4.69) is 67.7 Å². The Bertz CT molecular complexity index is 554. The van der Waals surface area contributed by atoms with Crippen LogP contribution in [0.1, 0.15) is 61.3 Å². The Morgan fingerprint density at radius 3 is 1.96 bits per heavy atom. The van der Waals surface area contributed by atoms with E-state index in [1.165, 1.54) is 0 Å². The first-order chi connectivity index (χ1) is 12.0. The van der Waals surface area contributed by atoms with E-state index in [0.29, 0.717) is 13.0 Å². The van der Waals surface area contributed by atoms with Gasteiger partial charge in [-0.15, -0.1) is 0 Å². The molecule has 0 radical (unpaired) electrons. The molecule has 4 nitrogen and oxygen atoms in total. The molecular formula is C21H42O4Si2. The third-order valence-electron chi connectivity index (χ3n) is 6.43. The van der Waals surface area contributed by atoms with Crippen LogP contribution in [-0.2, 0) is 18.4 Å². The summed E-state index contributed by atoms with van der Waals surface area (Å²) in [6, 6.07) is 0. The monoisotopic (exact) mass is 414 g/mol. The summed E-state index contributed by atoms with van der Waals surface area (Å²) in [6.45, 7) is 25.1. The first kappa shape index (κ1) is 24.6. The standard InChI is InChI=1S/C21H42O4Si2/c1-16-14-17(19(22)24-16)12-13-18(25-27(10,11)21(5,6)7)15-23-26(8,9)20(2,3)4/h14,16,18H,12-13,15H2,1-11H3/t16-,18-/m0/s1. The highest BCUT2D eigenvalue weighted by Gasteiger charge is 2.41.